The van der Waals surface area contributed by atoms with Gasteiger partial charge in [0.25, 0.3) is 0 Å². The van der Waals surface area contributed by atoms with Crippen LogP contribution in [0.4, 0.5) is 24.7 Å². The number of anilines is 2. The molecule has 7 heteroatoms. The molecule has 0 radical (unpaired) electrons. The van der Waals surface area contributed by atoms with Crippen molar-refractivity contribution >= 4 is 11.5 Å². The van der Waals surface area contributed by atoms with Crippen molar-refractivity contribution in [3.05, 3.63) is 53.7 Å². The molecule has 24 heavy (non-hydrogen) atoms. The summed E-state index contributed by atoms with van der Waals surface area (Å²) in [4.78, 5) is 8.25. The second kappa shape index (κ2) is 6.40. The highest BCUT2D eigenvalue weighted by atomic mass is 19.4. The number of benzene rings is 1. The van der Waals surface area contributed by atoms with Crippen LogP contribution >= 0.6 is 0 Å². The van der Waals surface area contributed by atoms with Crippen molar-refractivity contribution in [3.8, 4) is 6.07 Å². The third kappa shape index (κ3) is 3.43. The minimum atomic E-state index is -4.33. The SMILES string of the molecule is N#Cc1ccc(N2CCN(c3cccc(C(F)(F)F)c3)CC2)nc1. The van der Waals surface area contributed by atoms with E-state index in [2.05, 4.69) is 9.88 Å². The zero-order valence-electron chi connectivity index (χ0n) is 12.8. The summed E-state index contributed by atoms with van der Waals surface area (Å²) in [5.41, 5.74) is 0.454. The average Bonchev–Trinajstić information content (AvgIpc) is 2.61. The Morgan fingerprint density at radius 1 is 1.00 bits per heavy atom. The molecule has 4 nitrogen and oxygen atoms in total. The van der Waals surface area contributed by atoms with Crippen molar-refractivity contribution in [1.82, 2.24) is 4.98 Å². The van der Waals surface area contributed by atoms with Crippen LogP contribution in [-0.4, -0.2) is 31.2 Å². The molecule has 0 bridgehead atoms. The van der Waals surface area contributed by atoms with Crippen molar-refractivity contribution < 1.29 is 13.2 Å². The van der Waals surface area contributed by atoms with Crippen molar-refractivity contribution in [1.29, 1.82) is 5.26 Å². The van der Waals surface area contributed by atoms with E-state index in [9.17, 15) is 13.2 Å². The van der Waals surface area contributed by atoms with E-state index < -0.39 is 11.7 Å². The monoisotopic (exact) mass is 332 g/mol. The van der Waals surface area contributed by atoms with Gasteiger partial charge in [-0.1, -0.05) is 6.07 Å². The minimum absolute atomic E-state index is 0.501. The molecule has 0 saturated carbocycles. The van der Waals surface area contributed by atoms with Crippen LogP contribution in [0, 0.1) is 11.3 Å². The van der Waals surface area contributed by atoms with Gasteiger partial charge < -0.3 is 9.80 Å². The molecule has 1 aromatic heterocycles. The molecule has 0 spiro atoms. The van der Waals surface area contributed by atoms with Crippen LogP contribution in [0.2, 0.25) is 0 Å². The van der Waals surface area contributed by atoms with Crippen molar-refractivity contribution in [2.45, 2.75) is 6.18 Å². The van der Waals surface area contributed by atoms with E-state index in [0.717, 1.165) is 11.9 Å². The summed E-state index contributed by atoms with van der Waals surface area (Å²) in [5.74, 6) is 0.776. The predicted octanol–water partition coefficient (Wildman–Crippen LogP) is 3.30. The van der Waals surface area contributed by atoms with Crippen LogP contribution in [0.5, 0.6) is 0 Å². The predicted molar refractivity (Wildman–Crippen MR) is 84.8 cm³/mol. The Hall–Kier alpha value is -2.75. The van der Waals surface area contributed by atoms with Gasteiger partial charge in [0.1, 0.15) is 11.9 Å². The van der Waals surface area contributed by atoms with E-state index in [1.54, 1.807) is 18.2 Å². The first kappa shape index (κ1) is 16.1. The molecule has 1 fully saturated rings. The van der Waals surface area contributed by atoms with Gasteiger partial charge in [-0.3, -0.25) is 0 Å². The Balaban J connectivity index is 1.68. The van der Waals surface area contributed by atoms with Gasteiger partial charge in [0.15, 0.2) is 0 Å². The molecular weight excluding hydrogens is 317 g/mol. The molecule has 1 aliphatic heterocycles. The number of hydrogen-bond donors (Lipinski definition) is 0. The smallest absolute Gasteiger partial charge is 0.368 e. The van der Waals surface area contributed by atoms with Gasteiger partial charge in [-0.05, 0) is 30.3 Å². The number of nitrogens with zero attached hydrogens (tertiary/aromatic N) is 4. The highest BCUT2D eigenvalue weighted by molar-refractivity contribution is 5.52. The van der Waals surface area contributed by atoms with Crippen molar-refractivity contribution in [3.63, 3.8) is 0 Å². The number of piperazine rings is 1. The van der Waals surface area contributed by atoms with Gasteiger partial charge in [-0.25, -0.2) is 4.98 Å². The lowest BCUT2D eigenvalue weighted by atomic mass is 10.1. The zero-order valence-corrected chi connectivity index (χ0v) is 12.8. The molecule has 0 N–H and O–H groups in total. The summed E-state index contributed by atoms with van der Waals surface area (Å²) in [5, 5.41) is 8.79. The number of rotatable bonds is 2. The van der Waals surface area contributed by atoms with Gasteiger partial charge in [0.05, 0.1) is 11.1 Å². The highest BCUT2D eigenvalue weighted by Crippen LogP contribution is 2.32. The van der Waals surface area contributed by atoms with Crippen LogP contribution in [0.15, 0.2) is 42.6 Å². The first-order chi connectivity index (χ1) is 11.5. The third-order valence-corrected chi connectivity index (χ3v) is 4.02. The van der Waals surface area contributed by atoms with Crippen LogP contribution in [-0.2, 0) is 6.18 Å². The van der Waals surface area contributed by atoms with E-state index in [1.807, 2.05) is 11.0 Å². The number of alkyl halides is 3. The summed E-state index contributed by atoms with van der Waals surface area (Å²) >= 11 is 0. The number of pyridine rings is 1. The maximum atomic E-state index is 12.8. The molecule has 0 atom stereocenters. The lowest BCUT2D eigenvalue weighted by Gasteiger charge is -2.37. The fraction of sp³-hybridized carbons (Fsp3) is 0.294. The van der Waals surface area contributed by atoms with Crippen LogP contribution in [0.25, 0.3) is 0 Å². The van der Waals surface area contributed by atoms with Gasteiger partial charge in [-0.2, -0.15) is 18.4 Å². The Labute approximate surface area is 137 Å². The summed E-state index contributed by atoms with van der Waals surface area (Å²) < 4.78 is 38.5. The molecule has 124 valence electrons. The van der Waals surface area contributed by atoms with Gasteiger partial charge in [0.2, 0.25) is 0 Å². The number of aromatic nitrogens is 1. The van der Waals surface area contributed by atoms with Crippen molar-refractivity contribution in [2.24, 2.45) is 0 Å². The van der Waals surface area contributed by atoms with E-state index in [-0.39, 0.29) is 0 Å². The Kier molecular flexibility index (Phi) is 4.30. The van der Waals surface area contributed by atoms with Gasteiger partial charge in [-0.15, -0.1) is 0 Å². The second-order valence-electron chi connectivity index (χ2n) is 5.54. The molecule has 2 heterocycles. The first-order valence-corrected chi connectivity index (χ1v) is 7.51. The quantitative estimate of drug-likeness (QED) is 0.846. The zero-order chi connectivity index (χ0) is 17.2. The van der Waals surface area contributed by atoms with Gasteiger partial charge >= 0.3 is 6.18 Å². The van der Waals surface area contributed by atoms with Crippen molar-refractivity contribution in [2.75, 3.05) is 36.0 Å². The largest absolute Gasteiger partial charge is 0.416 e. The molecule has 2 aromatic rings. The van der Waals surface area contributed by atoms with Crippen LogP contribution < -0.4 is 9.80 Å². The minimum Gasteiger partial charge on any atom is -0.368 e. The molecule has 1 aromatic carbocycles. The number of halogens is 3. The van der Waals surface area contributed by atoms with E-state index >= 15 is 0 Å². The summed E-state index contributed by atoms with van der Waals surface area (Å²) in [6.45, 7) is 2.55. The first-order valence-electron chi connectivity index (χ1n) is 7.51. The molecule has 1 saturated heterocycles. The maximum Gasteiger partial charge on any atom is 0.416 e. The molecule has 0 amide bonds. The standard InChI is InChI=1S/C17H15F3N4/c18-17(19,20)14-2-1-3-15(10-14)23-6-8-24(9-7-23)16-5-4-13(11-21)12-22-16/h1-5,10,12H,6-9H2. The lowest BCUT2D eigenvalue weighted by molar-refractivity contribution is -0.137. The van der Waals surface area contributed by atoms with Crippen LogP contribution in [0.1, 0.15) is 11.1 Å². The fourth-order valence-electron chi connectivity index (χ4n) is 2.71. The number of hydrogen-bond acceptors (Lipinski definition) is 4. The molecule has 0 aliphatic carbocycles. The normalized spacial score (nSPS) is 15.2. The van der Waals surface area contributed by atoms with E-state index in [4.69, 9.17) is 5.26 Å². The molecule has 0 unspecified atom stereocenters. The summed E-state index contributed by atoms with van der Waals surface area (Å²) in [6, 6.07) is 10.9. The molecule has 3 rings (SSSR count). The van der Waals surface area contributed by atoms with Crippen LogP contribution in [0.3, 0.4) is 0 Å². The maximum absolute atomic E-state index is 12.8. The third-order valence-electron chi connectivity index (χ3n) is 4.02. The van der Waals surface area contributed by atoms with E-state index in [0.29, 0.717) is 37.4 Å². The molecular formula is C17H15F3N4. The fourth-order valence-corrected chi connectivity index (χ4v) is 2.71. The topological polar surface area (TPSA) is 43.2 Å². The second-order valence-corrected chi connectivity index (χ2v) is 5.54. The Bertz CT molecular complexity index is 742. The van der Waals surface area contributed by atoms with Gasteiger partial charge in [0, 0.05) is 38.1 Å². The number of nitriles is 1. The summed E-state index contributed by atoms with van der Waals surface area (Å²) in [6.07, 6.45) is -2.81. The Morgan fingerprint density at radius 2 is 1.71 bits per heavy atom. The summed E-state index contributed by atoms with van der Waals surface area (Å²) in [7, 11) is 0. The highest BCUT2D eigenvalue weighted by Gasteiger charge is 2.31. The van der Waals surface area contributed by atoms with E-state index in [1.165, 1.54) is 18.3 Å². The lowest BCUT2D eigenvalue weighted by Crippen LogP contribution is -2.46. The Morgan fingerprint density at radius 3 is 2.29 bits per heavy atom. The molecule has 1 aliphatic rings. The average molecular weight is 332 g/mol.